The third kappa shape index (κ3) is 7.81. The Bertz CT molecular complexity index is 733. The van der Waals surface area contributed by atoms with Crippen LogP contribution in [0.25, 0.3) is 0 Å². The minimum absolute atomic E-state index is 0.0693. The van der Waals surface area contributed by atoms with Gasteiger partial charge in [0.1, 0.15) is 5.75 Å². The standard InChI is InChI=1S/C21H32N4O2.2CH2O2/c26-20-9-2-1-8-19(20)24-12-14-25(15-13-24)21(27)22-16-17-6-5-11-23-10-4-3-7-18(17)23;2*2-1-3/h1-2,8-9,17-18,26H,3-7,10-16H2,(H,22,27);2*1H,(H,2,3)/t17-,18+;;/m0../s1. The molecule has 3 saturated heterocycles. The van der Waals surface area contributed by atoms with Gasteiger partial charge in [-0.15, -0.1) is 0 Å². The number of nitrogens with one attached hydrogen (secondary N) is 1. The first-order chi connectivity index (χ1) is 16.0. The van der Waals surface area contributed by atoms with Crippen LogP contribution in [0.2, 0.25) is 0 Å². The number of urea groups is 1. The molecule has 184 valence electrons. The van der Waals surface area contributed by atoms with Gasteiger partial charge in [-0.2, -0.15) is 0 Å². The van der Waals surface area contributed by atoms with Crippen molar-refractivity contribution in [2.24, 2.45) is 5.92 Å². The van der Waals surface area contributed by atoms with Gasteiger partial charge in [0, 0.05) is 38.8 Å². The number of carboxylic acid groups (broad SMARTS) is 2. The molecule has 3 aliphatic heterocycles. The number of hydrogen-bond acceptors (Lipinski definition) is 6. The Morgan fingerprint density at radius 2 is 1.58 bits per heavy atom. The first kappa shape index (κ1) is 26.2. The van der Waals surface area contributed by atoms with E-state index >= 15 is 0 Å². The van der Waals surface area contributed by atoms with Gasteiger partial charge in [-0.3, -0.25) is 9.59 Å². The molecule has 0 bridgehead atoms. The molecule has 2 amide bonds. The maximum atomic E-state index is 12.6. The maximum Gasteiger partial charge on any atom is 0.317 e. The van der Waals surface area contributed by atoms with Crippen LogP contribution in [0.3, 0.4) is 0 Å². The summed E-state index contributed by atoms with van der Waals surface area (Å²) in [6, 6.07) is 8.16. The van der Waals surface area contributed by atoms with Crippen LogP contribution >= 0.6 is 0 Å². The van der Waals surface area contributed by atoms with Gasteiger partial charge in [-0.05, 0) is 56.8 Å². The van der Waals surface area contributed by atoms with Gasteiger partial charge in [0.2, 0.25) is 0 Å². The summed E-state index contributed by atoms with van der Waals surface area (Å²) in [6.45, 7) is 5.68. The molecule has 1 aromatic carbocycles. The number of benzene rings is 1. The molecule has 33 heavy (non-hydrogen) atoms. The molecule has 3 heterocycles. The van der Waals surface area contributed by atoms with Crippen LogP contribution in [0.1, 0.15) is 32.1 Å². The lowest BCUT2D eigenvalue weighted by Gasteiger charge is -2.44. The molecule has 3 fully saturated rings. The van der Waals surface area contributed by atoms with Gasteiger partial charge in [0.05, 0.1) is 5.69 Å². The van der Waals surface area contributed by atoms with Crippen molar-refractivity contribution in [3.63, 3.8) is 0 Å². The van der Waals surface area contributed by atoms with E-state index in [4.69, 9.17) is 19.8 Å². The fraction of sp³-hybridized carbons (Fsp3) is 0.609. The molecule has 4 N–H and O–H groups in total. The van der Waals surface area contributed by atoms with E-state index in [2.05, 4.69) is 15.1 Å². The second kappa shape index (κ2) is 14.2. The fourth-order valence-electron chi connectivity index (χ4n) is 5.03. The van der Waals surface area contributed by atoms with Crippen molar-refractivity contribution in [3.05, 3.63) is 24.3 Å². The van der Waals surface area contributed by atoms with Gasteiger partial charge < -0.3 is 35.3 Å². The number of piperazine rings is 1. The van der Waals surface area contributed by atoms with Crippen LogP contribution in [-0.2, 0) is 9.59 Å². The molecule has 10 heteroatoms. The molecule has 0 aliphatic carbocycles. The molecule has 0 spiro atoms. The van der Waals surface area contributed by atoms with Gasteiger partial charge in [-0.25, -0.2) is 4.79 Å². The van der Waals surface area contributed by atoms with Crippen molar-refractivity contribution in [2.45, 2.75) is 38.1 Å². The highest BCUT2D eigenvalue weighted by Gasteiger charge is 2.33. The van der Waals surface area contributed by atoms with E-state index in [0.29, 0.717) is 30.8 Å². The Morgan fingerprint density at radius 1 is 0.939 bits per heavy atom. The Balaban J connectivity index is 0.000000582. The maximum absolute atomic E-state index is 12.6. The first-order valence-corrected chi connectivity index (χ1v) is 11.5. The highest BCUT2D eigenvalue weighted by atomic mass is 16.3. The Kier molecular flexibility index (Phi) is 11.3. The number of hydrogen-bond donors (Lipinski definition) is 4. The molecule has 2 atom stereocenters. The fourth-order valence-corrected chi connectivity index (χ4v) is 5.03. The molecule has 0 saturated carbocycles. The van der Waals surface area contributed by atoms with Crippen LogP contribution in [-0.4, -0.2) is 96.0 Å². The highest BCUT2D eigenvalue weighted by Crippen LogP contribution is 2.30. The first-order valence-electron chi connectivity index (χ1n) is 11.5. The third-order valence-corrected chi connectivity index (χ3v) is 6.53. The Labute approximate surface area is 194 Å². The predicted molar refractivity (Wildman–Crippen MR) is 125 cm³/mol. The van der Waals surface area contributed by atoms with Crippen molar-refractivity contribution in [3.8, 4) is 5.75 Å². The Hall–Kier alpha value is -3.01. The molecule has 10 nitrogen and oxygen atoms in total. The van der Waals surface area contributed by atoms with Crippen molar-refractivity contribution in [1.82, 2.24) is 15.1 Å². The topological polar surface area (TPSA) is 134 Å². The number of piperidine rings is 2. The number of carbonyl (C=O) groups excluding carboxylic acids is 1. The monoisotopic (exact) mass is 464 g/mol. The number of carbonyl (C=O) groups is 3. The molecule has 0 radical (unpaired) electrons. The quantitative estimate of drug-likeness (QED) is 0.499. The minimum atomic E-state index is -0.250. The molecule has 4 rings (SSSR count). The SMILES string of the molecule is O=C(NC[C@@H]1CCCN2CCCC[C@H]12)N1CCN(c2ccccc2O)CC1.O=CO.O=CO. The van der Waals surface area contributed by atoms with E-state index in [1.54, 1.807) is 6.07 Å². The molecule has 1 aromatic rings. The van der Waals surface area contributed by atoms with Gasteiger partial charge in [-0.1, -0.05) is 18.6 Å². The summed E-state index contributed by atoms with van der Waals surface area (Å²) in [7, 11) is 0. The minimum Gasteiger partial charge on any atom is -0.506 e. The second-order valence-electron chi connectivity index (χ2n) is 8.36. The number of amides is 2. The van der Waals surface area contributed by atoms with Gasteiger partial charge in [0.15, 0.2) is 0 Å². The van der Waals surface area contributed by atoms with E-state index in [0.717, 1.165) is 25.3 Å². The molecule has 0 unspecified atom stereocenters. The van der Waals surface area contributed by atoms with Gasteiger partial charge >= 0.3 is 6.03 Å². The van der Waals surface area contributed by atoms with E-state index in [-0.39, 0.29) is 19.0 Å². The predicted octanol–water partition coefficient (Wildman–Crippen LogP) is 1.89. The summed E-state index contributed by atoms with van der Waals surface area (Å²) < 4.78 is 0. The van der Waals surface area contributed by atoms with Crippen LogP contribution < -0.4 is 10.2 Å². The van der Waals surface area contributed by atoms with Gasteiger partial charge in [0.25, 0.3) is 12.9 Å². The lowest BCUT2D eigenvalue weighted by atomic mass is 9.83. The van der Waals surface area contributed by atoms with Crippen molar-refractivity contribution in [1.29, 1.82) is 0 Å². The summed E-state index contributed by atoms with van der Waals surface area (Å²) in [5, 5.41) is 27.0. The number of para-hydroxylation sites is 2. The van der Waals surface area contributed by atoms with Crippen LogP contribution in [0.5, 0.6) is 5.75 Å². The Morgan fingerprint density at radius 3 is 2.24 bits per heavy atom. The van der Waals surface area contributed by atoms with Crippen LogP contribution in [0.15, 0.2) is 24.3 Å². The number of phenols is 1. The lowest BCUT2D eigenvalue weighted by molar-refractivity contribution is -0.123. The van der Waals surface area contributed by atoms with Crippen LogP contribution in [0.4, 0.5) is 10.5 Å². The summed E-state index contributed by atoms with van der Waals surface area (Å²) in [5.41, 5.74) is 0.858. The number of fused-ring (bicyclic) bond motifs is 1. The zero-order valence-electron chi connectivity index (χ0n) is 19.0. The lowest BCUT2D eigenvalue weighted by Crippen LogP contribution is -2.54. The zero-order valence-corrected chi connectivity index (χ0v) is 19.0. The average molecular weight is 465 g/mol. The molecular formula is C23H36N4O6. The van der Waals surface area contributed by atoms with Crippen molar-refractivity contribution < 1.29 is 29.7 Å². The smallest absolute Gasteiger partial charge is 0.317 e. The molecule has 3 aliphatic rings. The largest absolute Gasteiger partial charge is 0.506 e. The van der Waals surface area contributed by atoms with E-state index < -0.39 is 0 Å². The van der Waals surface area contributed by atoms with Crippen molar-refractivity contribution >= 4 is 24.7 Å². The number of phenolic OH excluding ortho intramolecular Hbond substituents is 1. The molecule has 0 aromatic heterocycles. The zero-order chi connectivity index (χ0) is 24.1. The number of aromatic hydroxyl groups is 1. The number of nitrogens with zero attached hydrogens (tertiary/aromatic N) is 3. The van der Waals surface area contributed by atoms with Crippen LogP contribution in [0, 0.1) is 5.92 Å². The average Bonchev–Trinajstić information content (AvgIpc) is 2.84. The second-order valence-corrected chi connectivity index (χ2v) is 8.36. The highest BCUT2D eigenvalue weighted by molar-refractivity contribution is 5.74. The van der Waals surface area contributed by atoms with E-state index in [9.17, 15) is 9.90 Å². The molecular weight excluding hydrogens is 428 g/mol. The van der Waals surface area contributed by atoms with E-state index in [1.165, 1.54) is 45.2 Å². The summed E-state index contributed by atoms with van der Waals surface area (Å²) in [6.07, 6.45) is 6.45. The summed E-state index contributed by atoms with van der Waals surface area (Å²) >= 11 is 0. The number of anilines is 1. The summed E-state index contributed by atoms with van der Waals surface area (Å²) in [5.74, 6) is 0.912. The third-order valence-electron chi connectivity index (χ3n) is 6.53. The number of rotatable bonds is 3. The van der Waals surface area contributed by atoms with Crippen molar-refractivity contribution in [2.75, 3.05) is 50.7 Å². The van der Waals surface area contributed by atoms with E-state index in [1.807, 2.05) is 23.1 Å². The normalized spacial score (nSPS) is 22.4. The summed E-state index contributed by atoms with van der Waals surface area (Å²) in [4.78, 5) is 36.1.